The molecule has 3 rings (SSSR count). The number of fused-ring (bicyclic) bond motifs is 1. The lowest BCUT2D eigenvalue weighted by atomic mass is 10.00. The van der Waals surface area contributed by atoms with E-state index >= 15 is 0 Å². The van der Waals surface area contributed by atoms with E-state index in [-0.39, 0.29) is 17.9 Å². The smallest absolute Gasteiger partial charge is 0.290 e. The summed E-state index contributed by atoms with van der Waals surface area (Å²) in [5.74, 6) is -0.0475. The fourth-order valence-corrected chi connectivity index (χ4v) is 3.68. The Kier molecular flexibility index (Phi) is 6.45. The van der Waals surface area contributed by atoms with Crippen molar-refractivity contribution >= 4 is 17.3 Å². The molecule has 146 valence electrons. The SMILES string of the molecule is CCC1CCCCN1C(=O)c1nc(C(=O)NCCCOC)c2ccccn12. The van der Waals surface area contributed by atoms with Crippen LogP contribution >= 0.6 is 0 Å². The number of imidazole rings is 1. The Labute approximate surface area is 159 Å². The number of nitrogens with one attached hydrogen (secondary N) is 1. The van der Waals surface area contributed by atoms with Crippen LogP contribution in [0.15, 0.2) is 24.4 Å². The minimum absolute atomic E-state index is 0.0961. The molecule has 1 unspecified atom stereocenters. The molecule has 1 saturated heterocycles. The van der Waals surface area contributed by atoms with Gasteiger partial charge in [0.15, 0.2) is 5.69 Å². The highest BCUT2D eigenvalue weighted by molar-refractivity contribution is 6.02. The second-order valence-electron chi connectivity index (χ2n) is 6.90. The van der Waals surface area contributed by atoms with Crippen molar-refractivity contribution in [2.45, 2.75) is 45.1 Å². The standard InChI is InChI=1S/C20H28N4O3/c1-3-15-9-4-6-12-23(15)20(26)18-22-17(16-10-5-7-13-24(16)18)19(25)21-11-8-14-27-2/h5,7,10,13,15H,3-4,6,8-9,11-12,14H2,1-2H3,(H,21,25). The van der Waals surface area contributed by atoms with Gasteiger partial charge in [-0.15, -0.1) is 0 Å². The third-order valence-corrected chi connectivity index (χ3v) is 5.12. The second kappa shape index (κ2) is 8.99. The first-order valence-electron chi connectivity index (χ1n) is 9.72. The summed E-state index contributed by atoms with van der Waals surface area (Å²) < 4.78 is 6.73. The van der Waals surface area contributed by atoms with Gasteiger partial charge in [-0.3, -0.25) is 14.0 Å². The summed E-state index contributed by atoms with van der Waals surface area (Å²) in [6.07, 6.45) is 6.65. The van der Waals surface area contributed by atoms with Gasteiger partial charge in [-0.2, -0.15) is 0 Å². The molecule has 0 aromatic carbocycles. The Morgan fingerprint density at radius 1 is 1.33 bits per heavy atom. The number of aromatic nitrogens is 2. The third kappa shape index (κ3) is 4.13. The maximum absolute atomic E-state index is 13.2. The first kappa shape index (κ1) is 19.4. The molecule has 1 aliphatic heterocycles. The molecule has 7 nitrogen and oxygen atoms in total. The predicted molar refractivity (Wildman–Crippen MR) is 103 cm³/mol. The molecule has 0 saturated carbocycles. The van der Waals surface area contributed by atoms with Crippen LogP contribution in [0.2, 0.25) is 0 Å². The molecule has 2 aromatic rings. The summed E-state index contributed by atoms with van der Waals surface area (Å²) in [5.41, 5.74) is 0.941. The highest BCUT2D eigenvalue weighted by Crippen LogP contribution is 2.23. The number of amides is 2. The predicted octanol–water partition coefficient (Wildman–Crippen LogP) is 2.51. The van der Waals surface area contributed by atoms with Crippen LogP contribution in [0.1, 0.15) is 60.1 Å². The summed E-state index contributed by atoms with van der Waals surface area (Å²) in [6, 6.07) is 5.76. The van der Waals surface area contributed by atoms with Gasteiger partial charge in [0.25, 0.3) is 11.8 Å². The van der Waals surface area contributed by atoms with E-state index in [1.165, 1.54) is 0 Å². The molecule has 1 aliphatic rings. The van der Waals surface area contributed by atoms with Crippen LogP contribution in [0.3, 0.4) is 0 Å². The quantitative estimate of drug-likeness (QED) is 0.758. The van der Waals surface area contributed by atoms with Crippen molar-refractivity contribution in [1.82, 2.24) is 19.6 Å². The minimum Gasteiger partial charge on any atom is -0.385 e. The summed E-state index contributed by atoms with van der Waals surface area (Å²) in [4.78, 5) is 32.2. The van der Waals surface area contributed by atoms with Crippen LogP contribution in [0.25, 0.3) is 5.52 Å². The van der Waals surface area contributed by atoms with Gasteiger partial charge in [-0.1, -0.05) is 13.0 Å². The van der Waals surface area contributed by atoms with Gasteiger partial charge in [-0.05, 0) is 44.2 Å². The van der Waals surface area contributed by atoms with Gasteiger partial charge < -0.3 is 15.0 Å². The maximum Gasteiger partial charge on any atom is 0.290 e. The fourth-order valence-electron chi connectivity index (χ4n) is 3.68. The summed E-state index contributed by atoms with van der Waals surface area (Å²) in [6.45, 7) is 3.95. The van der Waals surface area contributed by atoms with E-state index in [1.807, 2.05) is 23.1 Å². The van der Waals surface area contributed by atoms with Crippen LogP contribution in [0.4, 0.5) is 0 Å². The Bertz CT molecular complexity index is 802. The number of hydrogen-bond acceptors (Lipinski definition) is 4. The number of rotatable bonds is 7. The monoisotopic (exact) mass is 372 g/mol. The number of carbonyl (C=O) groups excluding carboxylic acids is 2. The largest absolute Gasteiger partial charge is 0.385 e. The lowest BCUT2D eigenvalue weighted by Crippen LogP contribution is -2.44. The summed E-state index contributed by atoms with van der Waals surface area (Å²) in [7, 11) is 1.63. The van der Waals surface area contributed by atoms with E-state index in [2.05, 4.69) is 17.2 Å². The second-order valence-corrected chi connectivity index (χ2v) is 6.90. The van der Waals surface area contributed by atoms with Crippen molar-refractivity contribution < 1.29 is 14.3 Å². The molecule has 0 bridgehead atoms. The van der Waals surface area contributed by atoms with Gasteiger partial charge in [0, 0.05) is 39.0 Å². The zero-order chi connectivity index (χ0) is 19.2. The normalized spacial score (nSPS) is 17.3. The van der Waals surface area contributed by atoms with Crippen LogP contribution in [0, 0.1) is 0 Å². The van der Waals surface area contributed by atoms with Gasteiger partial charge in [0.1, 0.15) is 0 Å². The molecule has 2 amide bonds. The lowest BCUT2D eigenvalue weighted by Gasteiger charge is -2.34. The van der Waals surface area contributed by atoms with E-state index < -0.39 is 0 Å². The number of piperidine rings is 1. The zero-order valence-corrected chi connectivity index (χ0v) is 16.1. The van der Waals surface area contributed by atoms with Crippen molar-refractivity contribution in [3.63, 3.8) is 0 Å². The number of hydrogen-bond donors (Lipinski definition) is 1. The van der Waals surface area contributed by atoms with E-state index in [1.54, 1.807) is 17.7 Å². The maximum atomic E-state index is 13.2. The third-order valence-electron chi connectivity index (χ3n) is 5.12. The van der Waals surface area contributed by atoms with Gasteiger partial charge in [0.05, 0.1) is 5.52 Å². The number of pyridine rings is 1. The number of nitrogens with zero attached hydrogens (tertiary/aromatic N) is 3. The van der Waals surface area contributed by atoms with Crippen LogP contribution < -0.4 is 5.32 Å². The minimum atomic E-state index is -0.264. The molecule has 0 radical (unpaired) electrons. The Morgan fingerprint density at radius 2 is 2.19 bits per heavy atom. The summed E-state index contributed by atoms with van der Waals surface area (Å²) >= 11 is 0. The first-order chi connectivity index (χ1) is 13.2. The average Bonchev–Trinajstić information content (AvgIpc) is 3.10. The number of likely N-dealkylation sites (tertiary alicyclic amines) is 1. The van der Waals surface area contributed by atoms with E-state index in [4.69, 9.17) is 4.74 Å². The Balaban J connectivity index is 1.88. The van der Waals surface area contributed by atoms with Crippen LogP contribution in [-0.2, 0) is 4.74 Å². The van der Waals surface area contributed by atoms with Crippen molar-refractivity contribution in [2.75, 3.05) is 26.8 Å². The highest BCUT2D eigenvalue weighted by Gasteiger charge is 2.30. The van der Waals surface area contributed by atoms with Crippen LogP contribution in [0.5, 0.6) is 0 Å². The Hall–Kier alpha value is -2.41. The molecule has 7 heteroatoms. The highest BCUT2D eigenvalue weighted by atomic mass is 16.5. The zero-order valence-electron chi connectivity index (χ0n) is 16.1. The topological polar surface area (TPSA) is 75.9 Å². The van der Waals surface area contributed by atoms with Crippen molar-refractivity contribution in [3.8, 4) is 0 Å². The van der Waals surface area contributed by atoms with Crippen molar-refractivity contribution in [3.05, 3.63) is 35.9 Å². The van der Waals surface area contributed by atoms with Crippen molar-refractivity contribution in [2.24, 2.45) is 0 Å². The molecule has 3 heterocycles. The molecule has 1 N–H and O–H groups in total. The molecular weight excluding hydrogens is 344 g/mol. The molecular formula is C20H28N4O3. The van der Waals surface area contributed by atoms with Gasteiger partial charge in [-0.25, -0.2) is 4.98 Å². The first-order valence-corrected chi connectivity index (χ1v) is 9.72. The van der Waals surface area contributed by atoms with E-state index in [9.17, 15) is 9.59 Å². The lowest BCUT2D eigenvalue weighted by molar-refractivity contribution is 0.0594. The van der Waals surface area contributed by atoms with Gasteiger partial charge in [0.2, 0.25) is 5.82 Å². The summed E-state index contributed by atoms with van der Waals surface area (Å²) in [5, 5.41) is 2.86. The number of ether oxygens (including phenoxy) is 1. The number of carbonyl (C=O) groups is 2. The fraction of sp³-hybridized carbons (Fsp3) is 0.550. The molecule has 1 fully saturated rings. The molecule has 0 spiro atoms. The van der Waals surface area contributed by atoms with E-state index in [0.29, 0.717) is 30.2 Å². The number of methoxy groups -OCH3 is 1. The molecule has 0 aliphatic carbocycles. The van der Waals surface area contributed by atoms with Gasteiger partial charge >= 0.3 is 0 Å². The van der Waals surface area contributed by atoms with Crippen molar-refractivity contribution in [1.29, 1.82) is 0 Å². The van der Waals surface area contributed by atoms with Crippen LogP contribution in [-0.4, -0.2) is 58.9 Å². The molecule has 2 aromatic heterocycles. The molecule has 1 atom stereocenters. The average molecular weight is 372 g/mol. The van der Waals surface area contributed by atoms with E-state index in [0.717, 1.165) is 38.6 Å². The Morgan fingerprint density at radius 3 is 2.96 bits per heavy atom. The molecule has 27 heavy (non-hydrogen) atoms.